The zero-order valence-electron chi connectivity index (χ0n) is 16.0. The van der Waals surface area contributed by atoms with Crippen molar-refractivity contribution in [1.82, 2.24) is 9.21 Å². The summed E-state index contributed by atoms with van der Waals surface area (Å²) < 4.78 is 45.9. The molecule has 0 radical (unpaired) electrons. The number of hydrogen-bond donors (Lipinski definition) is 1. The maximum absolute atomic E-state index is 13.9. The van der Waals surface area contributed by atoms with E-state index in [9.17, 15) is 17.6 Å². The Bertz CT molecular complexity index is 936. The van der Waals surface area contributed by atoms with Crippen molar-refractivity contribution in [3.8, 4) is 0 Å². The number of likely N-dealkylation sites (N-methyl/N-ethyl adjacent to an activating group) is 1. The number of quaternary nitrogens is 1. The highest BCUT2D eigenvalue weighted by atomic mass is 32.2. The molecular formula is C19H25FN3O4S+. The Morgan fingerprint density at radius 1 is 1.14 bits per heavy atom. The number of piperazine rings is 1. The molecule has 7 nitrogen and oxygen atoms in total. The lowest BCUT2D eigenvalue weighted by atomic mass is 10.3. The van der Waals surface area contributed by atoms with Crippen LogP contribution in [0.5, 0.6) is 0 Å². The maximum Gasteiger partial charge on any atom is 0.277 e. The minimum absolute atomic E-state index is 0.0382. The smallest absolute Gasteiger partial charge is 0.277 e. The number of nitrogens with one attached hydrogen (secondary N) is 1. The third-order valence-corrected chi connectivity index (χ3v) is 6.70. The second-order valence-corrected chi connectivity index (χ2v) is 8.94. The van der Waals surface area contributed by atoms with Crippen LogP contribution in [0.1, 0.15) is 11.5 Å². The molecule has 1 aliphatic rings. The van der Waals surface area contributed by atoms with Gasteiger partial charge in [-0.3, -0.25) is 4.79 Å². The number of hydrogen-bond acceptors (Lipinski definition) is 4. The second-order valence-electron chi connectivity index (χ2n) is 7.04. The standard InChI is InChI=1S/C19H24FN3O4S/c1-15-7-8-16(27-15)13-21(2)14-19(24)22-9-11-23(12-10-22)28(25,26)18-6-4-3-5-17(18)20/h3-8H,9-14H2,1-2H3/p+1. The molecule has 2 aromatic rings. The molecule has 28 heavy (non-hydrogen) atoms. The highest BCUT2D eigenvalue weighted by Gasteiger charge is 2.32. The number of amides is 1. The minimum atomic E-state index is -3.90. The first-order valence-corrected chi connectivity index (χ1v) is 10.6. The predicted octanol–water partition coefficient (Wildman–Crippen LogP) is 0.275. The fourth-order valence-corrected chi connectivity index (χ4v) is 4.77. The normalized spacial score (nSPS) is 16.9. The van der Waals surface area contributed by atoms with Gasteiger partial charge in [-0.15, -0.1) is 0 Å². The highest BCUT2D eigenvalue weighted by molar-refractivity contribution is 7.89. The van der Waals surface area contributed by atoms with Gasteiger partial charge in [0.05, 0.1) is 7.05 Å². The van der Waals surface area contributed by atoms with Gasteiger partial charge in [0.15, 0.2) is 12.3 Å². The zero-order valence-corrected chi connectivity index (χ0v) is 16.8. The van der Waals surface area contributed by atoms with Crippen LogP contribution < -0.4 is 4.90 Å². The van der Waals surface area contributed by atoms with E-state index in [1.54, 1.807) is 4.90 Å². The molecule has 0 aliphatic carbocycles. The fourth-order valence-electron chi connectivity index (χ4n) is 3.28. The Morgan fingerprint density at radius 3 is 2.43 bits per heavy atom. The lowest BCUT2D eigenvalue weighted by Gasteiger charge is -2.34. The number of nitrogens with zero attached hydrogens (tertiary/aromatic N) is 2. The van der Waals surface area contributed by atoms with E-state index in [4.69, 9.17) is 4.42 Å². The van der Waals surface area contributed by atoms with E-state index >= 15 is 0 Å². The molecule has 2 heterocycles. The van der Waals surface area contributed by atoms with Crippen molar-refractivity contribution in [2.45, 2.75) is 18.4 Å². The van der Waals surface area contributed by atoms with Crippen LogP contribution in [0.2, 0.25) is 0 Å². The number of carbonyl (C=O) groups excluding carboxylic acids is 1. The Labute approximate surface area is 164 Å². The molecule has 152 valence electrons. The first-order chi connectivity index (χ1) is 13.3. The quantitative estimate of drug-likeness (QED) is 0.742. The Balaban J connectivity index is 1.54. The van der Waals surface area contributed by atoms with Gasteiger partial charge in [-0.05, 0) is 31.2 Å². The minimum Gasteiger partial charge on any atom is -0.460 e. The van der Waals surface area contributed by atoms with E-state index in [1.807, 2.05) is 26.1 Å². The van der Waals surface area contributed by atoms with Gasteiger partial charge in [0.2, 0.25) is 10.0 Å². The zero-order chi connectivity index (χ0) is 20.3. The molecule has 9 heteroatoms. The number of benzene rings is 1. The molecule has 1 amide bonds. The van der Waals surface area contributed by atoms with Crippen molar-refractivity contribution < 1.29 is 26.9 Å². The third-order valence-electron chi connectivity index (χ3n) is 4.77. The largest absolute Gasteiger partial charge is 0.460 e. The van der Waals surface area contributed by atoms with Gasteiger partial charge in [0.1, 0.15) is 23.0 Å². The molecule has 1 N–H and O–H groups in total. The van der Waals surface area contributed by atoms with Crippen LogP contribution >= 0.6 is 0 Å². The molecule has 1 fully saturated rings. The van der Waals surface area contributed by atoms with Crippen molar-refractivity contribution in [3.05, 3.63) is 53.7 Å². The second kappa shape index (κ2) is 8.42. The van der Waals surface area contributed by atoms with E-state index in [1.165, 1.54) is 22.5 Å². The van der Waals surface area contributed by atoms with E-state index in [0.717, 1.165) is 22.5 Å². The Hall–Kier alpha value is -2.23. The number of carbonyl (C=O) groups is 1. The molecule has 0 spiro atoms. The van der Waals surface area contributed by atoms with Gasteiger partial charge >= 0.3 is 0 Å². The number of furan rings is 1. The van der Waals surface area contributed by atoms with Crippen LogP contribution in [0.15, 0.2) is 45.7 Å². The first-order valence-electron chi connectivity index (χ1n) is 9.16. The molecular weight excluding hydrogens is 385 g/mol. The van der Waals surface area contributed by atoms with Gasteiger partial charge in [-0.1, -0.05) is 12.1 Å². The van der Waals surface area contributed by atoms with Crippen LogP contribution in [-0.2, 0) is 21.4 Å². The van der Waals surface area contributed by atoms with Crippen molar-refractivity contribution in [2.24, 2.45) is 0 Å². The van der Waals surface area contributed by atoms with Crippen molar-refractivity contribution in [3.63, 3.8) is 0 Å². The average Bonchev–Trinajstić information content (AvgIpc) is 3.06. The lowest BCUT2D eigenvalue weighted by molar-refractivity contribution is -0.886. The highest BCUT2D eigenvalue weighted by Crippen LogP contribution is 2.20. The van der Waals surface area contributed by atoms with Crippen LogP contribution in [0, 0.1) is 12.7 Å². The summed E-state index contributed by atoms with van der Waals surface area (Å²) in [5, 5.41) is 0. The molecule has 1 aliphatic heterocycles. The molecule has 1 aromatic heterocycles. The summed E-state index contributed by atoms with van der Waals surface area (Å²) in [6.45, 7) is 3.65. The topological polar surface area (TPSA) is 75.3 Å². The summed E-state index contributed by atoms with van der Waals surface area (Å²) in [6.07, 6.45) is 0. The SMILES string of the molecule is Cc1ccc(C[NH+](C)CC(=O)N2CCN(S(=O)(=O)c3ccccc3F)CC2)o1. The third kappa shape index (κ3) is 4.60. The molecule has 1 aromatic carbocycles. The summed E-state index contributed by atoms with van der Waals surface area (Å²) in [7, 11) is -1.99. The number of aryl methyl sites for hydroxylation is 1. The first kappa shape index (κ1) is 20.5. The van der Waals surface area contributed by atoms with Gasteiger partial charge in [-0.25, -0.2) is 12.8 Å². The summed E-state index contributed by atoms with van der Waals surface area (Å²) >= 11 is 0. The summed E-state index contributed by atoms with van der Waals surface area (Å²) in [5.74, 6) is 0.855. The molecule has 1 unspecified atom stereocenters. The Morgan fingerprint density at radius 2 is 1.82 bits per heavy atom. The fraction of sp³-hybridized carbons (Fsp3) is 0.421. The van der Waals surface area contributed by atoms with Gasteiger partial charge < -0.3 is 14.2 Å². The maximum atomic E-state index is 13.9. The predicted molar refractivity (Wildman–Crippen MR) is 101 cm³/mol. The van der Waals surface area contributed by atoms with Crippen LogP contribution in [0.3, 0.4) is 0 Å². The van der Waals surface area contributed by atoms with E-state index in [-0.39, 0.29) is 23.9 Å². The average molecular weight is 410 g/mol. The number of halogens is 1. The van der Waals surface area contributed by atoms with Crippen molar-refractivity contribution in [1.29, 1.82) is 0 Å². The monoisotopic (exact) mass is 410 g/mol. The van der Waals surface area contributed by atoms with E-state index < -0.39 is 15.8 Å². The molecule has 3 rings (SSSR count). The molecule has 0 bridgehead atoms. The van der Waals surface area contributed by atoms with E-state index in [2.05, 4.69) is 0 Å². The van der Waals surface area contributed by atoms with Gasteiger partial charge in [-0.2, -0.15) is 4.31 Å². The number of sulfonamides is 1. The summed E-state index contributed by atoms with van der Waals surface area (Å²) in [5.41, 5.74) is 0. The van der Waals surface area contributed by atoms with E-state index in [0.29, 0.717) is 26.2 Å². The van der Waals surface area contributed by atoms with Crippen molar-refractivity contribution >= 4 is 15.9 Å². The van der Waals surface area contributed by atoms with Gasteiger partial charge in [0, 0.05) is 26.2 Å². The summed E-state index contributed by atoms with van der Waals surface area (Å²) in [4.78, 5) is 14.8. The molecule has 1 saturated heterocycles. The van der Waals surface area contributed by atoms with Crippen LogP contribution in [-0.4, -0.2) is 63.3 Å². The summed E-state index contributed by atoms with van der Waals surface area (Å²) in [6, 6.07) is 9.13. The lowest BCUT2D eigenvalue weighted by Crippen LogP contribution is -3.08. The van der Waals surface area contributed by atoms with Gasteiger partial charge in [0.25, 0.3) is 5.91 Å². The van der Waals surface area contributed by atoms with Crippen molar-refractivity contribution in [2.75, 3.05) is 39.8 Å². The molecule has 1 atom stereocenters. The van der Waals surface area contributed by atoms with Crippen LogP contribution in [0.4, 0.5) is 4.39 Å². The van der Waals surface area contributed by atoms with Crippen LogP contribution in [0.25, 0.3) is 0 Å². The Kier molecular flexibility index (Phi) is 6.17. The molecule has 0 saturated carbocycles. The number of rotatable bonds is 6.